The zero-order chi connectivity index (χ0) is 14.8. The first kappa shape index (κ1) is 13.9. The Bertz CT molecular complexity index is 696. The summed E-state index contributed by atoms with van der Waals surface area (Å²) in [6, 6.07) is 5.18. The summed E-state index contributed by atoms with van der Waals surface area (Å²) in [5.74, 6) is 1.07. The summed E-state index contributed by atoms with van der Waals surface area (Å²) in [6.45, 7) is 1.91. The van der Waals surface area contributed by atoms with E-state index in [9.17, 15) is 4.79 Å². The highest BCUT2D eigenvalue weighted by atomic mass is 16.3. The van der Waals surface area contributed by atoms with Gasteiger partial charge in [-0.15, -0.1) is 0 Å². The van der Waals surface area contributed by atoms with E-state index in [0.29, 0.717) is 28.5 Å². The summed E-state index contributed by atoms with van der Waals surface area (Å²) in [4.78, 5) is 21.7. The van der Waals surface area contributed by atoms with Crippen LogP contribution in [-0.2, 0) is 0 Å². The number of nitrogens with two attached hydrogens (primary N) is 1. The lowest BCUT2D eigenvalue weighted by atomic mass is 9.95. The van der Waals surface area contributed by atoms with Gasteiger partial charge >= 0.3 is 0 Å². The van der Waals surface area contributed by atoms with E-state index >= 15 is 0 Å². The van der Waals surface area contributed by atoms with Gasteiger partial charge in [0.05, 0.1) is 10.9 Å². The van der Waals surface area contributed by atoms with Crippen LogP contribution in [0.5, 0.6) is 0 Å². The third-order valence-electron chi connectivity index (χ3n) is 4.07. The number of nitrogens with zero attached hydrogens (tertiary/aromatic N) is 2. The van der Waals surface area contributed by atoms with E-state index in [1.54, 1.807) is 18.2 Å². The molecule has 1 atom stereocenters. The Morgan fingerprint density at radius 1 is 1.48 bits per heavy atom. The van der Waals surface area contributed by atoms with Crippen LogP contribution in [0.15, 0.2) is 23.0 Å². The molecule has 4 N–H and O–H groups in total. The third-order valence-corrected chi connectivity index (χ3v) is 4.07. The molecule has 2 heterocycles. The number of aliphatic hydroxyl groups is 1. The fourth-order valence-corrected chi connectivity index (χ4v) is 2.97. The van der Waals surface area contributed by atoms with Crippen LogP contribution in [0.1, 0.15) is 19.3 Å². The lowest BCUT2D eigenvalue weighted by Gasteiger charge is -2.32. The Labute approximate surface area is 122 Å². The monoisotopic (exact) mass is 288 g/mol. The molecule has 0 bridgehead atoms. The molecule has 3 rings (SSSR count). The minimum absolute atomic E-state index is 0.161. The maximum Gasteiger partial charge on any atom is 0.260 e. The van der Waals surface area contributed by atoms with E-state index in [0.717, 1.165) is 32.4 Å². The molecular weight excluding hydrogens is 268 g/mol. The molecule has 0 radical (unpaired) electrons. The zero-order valence-electron chi connectivity index (χ0n) is 11.9. The first-order valence-electron chi connectivity index (χ1n) is 7.33. The van der Waals surface area contributed by atoms with E-state index in [2.05, 4.69) is 14.9 Å². The summed E-state index contributed by atoms with van der Waals surface area (Å²) in [5.41, 5.74) is 6.77. The summed E-state index contributed by atoms with van der Waals surface area (Å²) in [6.07, 6.45) is 2.96. The van der Waals surface area contributed by atoms with Crippen molar-refractivity contribution in [2.45, 2.75) is 19.3 Å². The van der Waals surface area contributed by atoms with Crippen molar-refractivity contribution in [1.29, 1.82) is 0 Å². The predicted octanol–water partition coefficient (Wildman–Crippen LogP) is 1.10. The van der Waals surface area contributed by atoms with Gasteiger partial charge < -0.3 is 15.7 Å². The largest absolute Gasteiger partial charge is 0.399 e. The Morgan fingerprint density at radius 3 is 3.14 bits per heavy atom. The molecule has 2 aromatic rings. The number of fused-ring (bicyclic) bond motifs is 1. The van der Waals surface area contributed by atoms with Gasteiger partial charge in [-0.3, -0.25) is 9.78 Å². The highest BCUT2D eigenvalue weighted by Crippen LogP contribution is 2.23. The second kappa shape index (κ2) is 5.73. The number of nitrogen functional groups attached to an aromatic ring is 1. The number of aromatic nitrogens is 2. The topological polar surface area (TPSA) is 95.2 Å². The van der Waals surface area contributed by atoms with Gasteiger partial charge in [-0.25, -0.2) is 4.98 Å². The molecule has 6 nitrogen and oxygen atoms in total. The first-order valence-corrected chi connectivity index (χ1v) is 7.33. The number of piperidine rings is 1. The number of hydrogen-bond acceptors (Lipinski definition) is 5. The van der Waals surface area contributed by atoms with Crippen molar-refractivity contribution in [1.82, 2.24) is 9.97 Å². The van der Waals surface area contributed by atoms with Gasteiger partial charge in [0.15, 0.2) is 0 Å². The van der Waals surface area contributed by atoms with E-state index in [4.69, 9.17) is 10.8 Å². The Hall–Kier alpha value is -2.08. The molecule has 1 aliphatic rings. The second-order valence-corrected chi connectivity index (χ2v) is 5.63. The Kier molecular flexibility index (Phi) is 3.79. The molecule has 21 heavy (non-hydrogen) atoms. The molecule has 0 amide bonds. The normalized spacial score (nSPS) is 19.1. The van der Waals surface area contributed by atoms with Crippen LogP contribution < -0.4 is 16.2 Å². The molecule has 6 heteroatoms. The number of aromatic amines is 1. The van der Waals surface area contributed by atoms with E-state index < -0.39 is 0 Å². The minimum Gasteiger partial charge on any atom is -0.399 e. The summed E-state index contributed by atoms with van der Waals surface area (Å²) < 4.78 is 0. The van der Waals surface area contributed by atoms with Crippen molar-refractivity contribution in [2.75, 3.05) is 30.3 Å². The molecule has 1 aromatic heterocycles. The maximum atomic E-state index is 12.2. The molecule has 0 saturated carbocycles. The molecule has 1 aromatic carbocycles. The highest BCUT2D eigenvalue weighted by Gasteiger charge is 2.21. The average molecular weight is 288 g/mol. The van der Waals surface area contributed by atoms with Crippen LogP contribution in [0.3, 0.4) is 0 Å². The number of benzene rings is 1. The standard InChI is InChI=1S/C15H20N4O2/c16-11-3-4-13-12(8-11)14(21)18-15(17-13)19-6-1-2-10(9-19)5-7-20/h3-4,8,10,20H,1-2,5-7,9,16H2,(H,17,18,21). The van der Waals surface area contributed by atoms with Crippen molar-refractivity contribution in [2.24, 2.45) is 5.92 Å². The smallest absolute Gasteiger partial charge is 0.260 e. The molecule has 1 unspecified atom stereocenters. The number of anilines is 2. The Morgan fingerprint density at radius 2 is 2.33 bits per heavy atom. The van der Waals surface area contributed by atoms with Gasteiger partial charge in [0, 0.05) is 25.4 Å². The molecule has 1 saturated heterocycles. The van der Waals surface area contributed by atoms with Gasteiger partial charge in [0.2, 0.25) is 5.95 Å². The van der Waals surface area contributed by atoms with Crippen LogP contribution >= 0.6 is 0 Å². The van der Waals surface area contributed by atoms with Crippen molar-refractivity contribution in [3.63, 3.8) is 0 Å². The van der Waals surface area contributed by atoms with Gasteiger partial charge in [-0.2, -0.15) is 0 Å². The fourth-order valence-electron chi connectivity index (χ4n) is 2.97. The van der Waals surface area contributed by atoms with Crippen LogP contribution in [0.2, 0.25) is 0 Å². The van der Waals surface area contributed by atoms with Crippen LogP contribution in [0, 0.1) is 5.92 Å². The van der Waals surface area contributed by atoms with E-state index in [-0.39, 0.29) is 12.2 Å². The maximum absolute atomic E-state index is 12.2. The van der Waals surface area contributed by atoms with Gasteiger partial charge in [-0.1, -0.05) is 0 Å². The SMILES string of the molecule is Nc1ccc2nc(N3CCCC(CCO)C3)[nH]c(=O)c2c1. The van der Waals surface area contributed by atoms with Crippen LogP contribution in [0.4, 0.5) is 11.6 Å². The molecule has 0 spiro atoms. The van der Waals surface area contributed by atoms with Gasteiger partial charge in [-0.05, 0) is 43.4 Å². The molecule has 1 aliphatic heterocycles. The quantitative estimate of drug-likeness (QED) is 0.735. The van der Waals surface area contributed by atoms with Crippen molar-refractivity contribution < 1.29 is 5.11 Å². The van der Waals surface area contributed by atoms with Crippen molar-refractivity contribution in [3.8, 4) is 0 Å². The number of rotatable bonds is 3. The number of aliphatic hydroxyl groups excluding tert-OH is 1. The molecular formula is C15H20N4O2. The number of H-pyrrole nitrogens is 1. The Balaban J connectivity index is 1.93. The number of nitrogens with one attached hydrogen (secondary N) is 1. The third kappa shape index (κ3) is 2.85. The van der Waals surface area contributed by atoms with E-state index in [1.165, 1.54) is 0 Å². The molecule has 1 fully saturated rings. The van der Waals surface area contributed by atoms with Crippen molar-refractivity contribution in [3.05, 3.63) is 28.6 Å². The molecule has 112 valence electrons. The average Bonchev–Trinajstić information content (AvgIpc) is 2.48. The summed E-state index contributed by atoms with van der Waals surface area (Å²) in [5, 5.41) is 9.60. The van der Waals surface area contributed by atoms with Gasteiger partial charge in [0.25, 0.3) is 5.56 Å². The lowest BCUT2D eigenvalue weighted by molar-refractivity contribution is 0.244. The zero-order valence-corrected chi connectivity index (χ0v) is 11.9. The highest BCUT2D eigenvalue weighted by molar-refractivity contribution is 5.81. The first-order chi connectivity index (χ1) is 10.2. The second-order valence-electron chi connectivity index (χ2n) is 5.63. The van der Waals surface area contributed by atoms with E-state index in [1.807, 2.05) is 0 Å². The summed E-state index contributed by atoms with van der Waals surface area (Å²) >= 11 is 0. The number of hydrogen-bond donors (Lipinski definition) is 3. The van der Waals surface area contributed by atoms with Crippen molar-refractivity contribution >= 4 is 22.5 Å². The lowest BCUT2D eigenvalue weighted by Crippen LogP contribution is -2.37. The van der Waals surface area contributed by atoms with Gasteiger partial charge in [0.1, 0.15) is 0 Å². The van der Waals surface area contributed by atoms with Crippen LogP contribution in [0.25, 0.3) is 10.9 Å². The summed E-state index contributed by atoms with van der Waals surface area (Å²) in [7, 11) is 0. The molecule has 0 aliphatic carbocycles. The van der Waals surface area contributed by atoms with Crippen LogP contribution in [-0.4, -0.2) is 34.8 Å². The minimum atomic E-state index is -0.161. The predicted molar refractivity (Wildman–Crippen MR) is 83.4 cm³/mol. The fraction of sp³-hybridized carbons (Fsp3) is 0.467.